The smallest absolute Gasteiger partial charge is 0.306 e. The molecule has 0 saturated carbocycles. The van der Waals surface area contributed by atoms with Gasteiger partial charge in [0.2, 0.25) is 0 Å². The van der Waals surface area contributed by atoms with Gasteiger partial charge in [-0.25, -0.2) is 0 Å². The Bertz CT molecular complexity index is 438. The average Bonchev–Trinajstić information content (AvgIpc) is 2.41. The van der Waals surface area contributed by atoms with Gasteiger partial charge in [0.05, 0.1) is 6.42 Å². The maximum absolute atomic E-state index is 11.4. The Morgan fingerprint density at radius 1 is 1.00 bits per heavy atom. The fourth-order valence-corrected chi connectivity index (χ4v) is 1.31. The molecule has 0 aromatic heterocycles. The molecule has 0 N–H and O–H groups in total. The zero-order chi connectivity index (χ0) is 14.1. The second-order valence-electron chi connectivity index (χ2n) is 3.97. The van der Waals surface area contributed by atoms with Gasteiger partial charge >= 0.3 is 11.9 Å². The number of ketones is 1. The van der Waals surface area contributed by atoms with Gasteiger partial charge < -0.3 is 9.47 Å². The van der Waals surface area contributed by atoms with Gasteiger partial charge in [-0.05, 0) is 5.56 Å². The molecule has 0 aliphatic carbocycles. The number of Topliss-reactive ketones (excluding diaryl/α,β-unsaturated/α-hetero) is 1. The Kier molecular flexibility index (Phi) is 6.29. The predicted octanol–water partition coefficient (Wildman–Crippen LogP) is 1.64. The summed E-state index contributed by atoms with van der Waals surface area (Å²) in [7, 11) is 0. The molecule has 19 heavy (non-hydrogen) atoms. The minimum Gasteiger partial charge on any atom is -0.461 e. The van der Waals surface area contributed by atoms with Crippen molar-refractivity contribution in [3.05, 3.63) is 35.9 Å². The maximum atomic E-state index is 11.4. The highest BCUT2D eigenvalue weighted by molar-refractivity contribution is 5.85. The van der Waals surface area contributed by atoms with Crippen LogP contribution in [-0.4, -0.2) is 24.3 Å². The van der Waals surface area contributed by atoms with E-state index in [0.717, 1.165) is 5.56 Å². The lowest BCUT2D eigenvalue weighted by atomic mass is 10.2. The normalized spacial score (nSPS) is 9.74. The molecule has 0 radical (unpaired) electrons. The summed E-state index contributed by atoms with van der Waals surface area (Å²) >= 11 is 0. The Hall–Kier alpha value is -2.17. The second-order valence-corrected chi connectivity index (χ2v) is 3.97. The topological polar surface area (TPSA) is 69.7 Å². The maximum Gasteiger partial charge on any atom is 0.306 e. The summed E-state index contributed by atoms with van der Waals surface area (Å²) in [5, 5.41) is 0. The van der Waals surface area contributed by atoms with E-state index in [4.69, 9.17) is 4.74 Å². The van der Waals surface area contributed by atoms with Gasteiger partial charge in [-0.1, -0.05) is 30.3 Å². The lowest BCUT2D eigenvalue weighted by Gasteiger charge is -2.04. The molecule has 0 unspecified atom stereocenters. The van der Waals surface area contributed by atoms with E-state index < -0.39 is 11.9 Å². The zero-order valence-electron chi connectivity index (χ0n) is 10.8. The molecule has 1 aromatic carbocycles. The number of rotatable bonds is 7. The van der Waals surface area contributed by atoms with Gasteiger partial charge in [0.15, 0.2) is 5.78 Å². The van der Waals surface area contributed by atoms with E-state index >= 15 is 0 Å². The quantitative estimate of drug-likeness (QED) is 0.700. The van der Waals surface area contributed by atoms with Crippen molar-refractivity contribution in [3.63, 3.8) is 0 Å². The first-order chi connectivity index (χ1) is 9.08. The highest BCUT2D eigenvalue weighted by atomic mass is 16.5. The fraction of sp³-hybridized carbons (Fsp3) is 0.357. The Balaban J connectivity index is 2.17. The van der Waals surface area contributed by atoms with Crippen molar-refractivity contribution in [1.82, 2.24) is 0 Å². The van der Waals surface area contributed by atoms with Gasteiger partial charge in [0.25, 0.3) is 0 Å². The molecule has 0 spiro atoms. The number of ether oxygens (including phenoxy) is 2. The SMILES string of the molecule is CC(=O)OCC(=O)CCC(=O)OCc1ccccc1. The van der Waals surface area contributed by atoms with Crippen LogP contribution in [0.2, 0.25) is 0 Å². The van der Waals surface area contributed by atoms with Crippen molar-refractivity contribution in [1.29, 1.82) is 0 Å². The zero-order valence-corrected chi connectivity index (χ0v) is 10.8. The molecular weight excluding hydrogens is 248 g/mol. The monoisotopic (exact) mass is 264 g/mol. The number of carbonyl (C=O) groups excluding carboxylic acids is 3. The molecule has 1 rings (SSSR count). The largest absolute Gasteiger partial charge is 0.461 e. The van der Waals surface area contributed by atoms with Crippen LogP contribution in [0, 0.1) is 0 Å². The summed E-state index contributed by atoms with van der Waals surface area (Å²) in [5.41, 5.74) is 0.891. The summed E-state index contributed by atoms with van der Waals surface area (Å²) in [6, 6.07) is 9.27. The third-order valence-corrected chi connectivity index (χ3v) is 2.29. The molecule has 5 heteroatoms. The molecule has 0 atom stereocenters. The van der Waals surface area contributed by atoms with Crippen molar-refractivity contribution in [2.24, 2.45) is 0 Å². The van der Waals surface area contributed by atoms with Crippen LogP contribution >= 0.6 is 0 Å². The minimum absolute atomic E-state index is 0.00701. The van der Waals surface area contributed by atoms with E-state index in [1.165, 1.54) is 6.92 Å². The van der Waals surface area contributed by atoms with Crippen LogP contribution in [0.25, 0.3) is 0 Å². The average molecular weight is 264 g/mol. The van der Waals surface area contributed by atoms with Gasteiger partial charge in [0.1, 0.15) is 13.2 Å². The highest BCUT2D eigenvalue weighted by Gasteiger charge is 2.09. The number of carbonyl (C=O) groups is 3. The molecule has 0 aliphatic heterocycles. The van der Waals surface area contributed by atoms with Crippen LogP contribution < -0.4 is 0 Å². The van der Waals surface area contributed by atoms with E-state index in [0.29, 0.717) is 0 Å². The summed E-state index contributed by atoms with van der Waals surface area (Å²) < 4.78 is 9.53. The van der Waals surface area contributed by atoms with Crippen molar-refractivity contribution in [3.8, 4) is 0 Å². The van der Waals surface area contributed by atoms with Gasteiger partial charge in [-0.3, -0.25) is 14.4 Å². The summed E-state index contributed by atoms with van der Waals surface area (Å²) in [5.74, 6) is -1.26. The molecule has 5 nitrogen and oxygen atoms in total. The number of hydrogen-bond acceptors (Lipinski definition) is 5. The predicted molar refractivity (Wildman–Crippen MR) is 67.1 cm³/mol. The first-order valence-corrected chi connectivity index (χ1v) is 5.92. The van der Waals surface area contributed by atoms with E-state index in [-0.39, 0.29) is 31.8 Å². The summed E-state index contributed by atoms with van der Waals surface area (Å²) in [6.07, 6.45) is 0.00777. The summed E-state index contributed by atoms with van der Waals surface area (Å²) in [4.78, 5) is 33.1. The van der Waals surface area contributed by atoms with Gasteiger partial charge in [-0.15, -0.1) is 0 Å². The van der Waals surface area contributed by atoms with Crippen LogP contribution in [0.3, 0.4) is 0 Å². The second kappa shape index (κ2) is 8.02. The number of esters is 2. The van der Waals surface area contributed by atoms with Crippen LogP contribution in [0.4, 0.5) is 0 Å². The molecule has 0 saturated heterocycles. The van der Waals surface area contributed by atoms with Crippen LogP contribution in [0.5, 0.6) is 0 Å². The van der Waals surface area contributed by atoms with Crippen molar-refractivity contribution < 1.29 is 23.9 Å². The van der Waals surface area contributed by atoms with Crippen LogP contribution in [0.1, 0.15) is 25.3 Å². The van der Waals surface area contributed by atoms with Crippen molar-refractivity contribution in [2.75, 3.05) is 6.61 Å². The molecule has 0 aliphatic rings. The highest BCUT2D eigenvalue weighted by Crippen LogP contribution is 2.03. The van der Waals surface area contributed by atoms with Crippen molar-refractivity contribution in [2.45, 2.75) is 26.4 Å². The Morgan fingerprint density at radius 3 is 2.32 bits per heavy atom. The molecular formula is C14H16O5. The van der Waals surface area contributed by atoms with Crippen LogP contribution in [-0.2, 0) is 30.5 Å². The van der Waals surface area contributed by atoms with E-state index in [1.807, 2.05) is 30.3 Å². The van der Waals surface area contributed by atoms with E-state index in [2.05, 4.69) is 4.74 Å². The summed E-state index contributed by atoms with van der Waals surface area (Å²) in [6.45, 7) is 1.13. The van der Waals surface area contributed by atoms with Crippen LogP contribution in [0.15, 0.2) is 30.3 Å². The first kappa shape index (κ1) is 14.9. The number of benzene rings is 1. The van der Waals surface area contributed by atoms with Gasteiger partial charge in [0, 0.05) is 13.3 Å². The standard InChI is InChI=1S/C14H16O5/c1-11(15)18-10-13(16)7-8-14(17)19-9-12-5-3-2-4-6-12/h2-6H,7-10H2,1H3. The fourth-order valence-electron chi connectivity index (χ4n) is 1.31. The lowest BCUT2D eigenvalue weighted by molar-refractivity contribution is -0.148. The third kappa shape index (κ3) is 6.98. The van der Waals surface area contributed by atoms with Gasteiger partial charge in [-0.2, -0.15) is 0 Å². The molecule has 0 heterocycles. The minimum atomic E-state index is -0.514. The lowest BCUT2D eigenvalue weighted by Crippen LogP contribution is -2.14. The molecule has 0 bridgehead atoms. The number of hydrogen-bond donors (Lipinski definition) is 0. The molecule has 0 amide bonds. The molecule has 102 valence electrons. The Labute approximate surface area is 111 Å². The first-order valence-electron chi connectivity index (χ1n) is 5.92. The third-order valence-electron chi connectivity index (χ3n) is 2.29. The van der Waals surface area contributed by atoms with Crippen molar-refractivity contribution >= 4 is 17.7 Å². The van der Waals surface area contributed by atoms with E-state index in [9.17, 15) is 14.4 Å². The molecule has 0 fully saturated rings. The molecule has 1 aromatic rings. The Morgan fingerprint density at radius 2 is 1.68 bits per heavy atom. The van der Waals surface area contributed by atoms with E-state index in [1.54, 1.807) is 0 Å².